The highest BCUT2D eigenvalue weighted by Gasteiger charge is 2.23. The molecule has 1 aromatic heterocycles. The summed E-state index contributed by atoms with van der Waals surface area (Å²) in [6.07, 6.45) is 2.47. The smallest absolute Gasteiger partial charge is 0.243 e. The van der Waals surface area contributed by atoms with Crippen molar-refractivity contribution in [2.75, 3.05) is 18.9 Å². The van der Waals surface area contributed by atoms with E-state index in [2.05, 4.69) is 21.6 Å². The van der Waals surface area contributed by atoms with Crippen LogP contribution in [0, 0.1) is 13.8 Å². The van der Waals surface area contributed by atoms with Crippen LogP contribution in [0.25, 0.3) is 5.69 Å². The first-order valence-electron chi connectivity index (χ1n) is 10.6. The Balaban J connectivity index is 1.64. The van der Waals surface area contributed by atoms with Crippen LogP contribution in [0.1, 0.15) is 30.5 Å². The second-order valence-corrected chi connectivity index (χ2v) is 9.09. The molecule has 1 N–H and O–H groups in total. The van der Waals surface area contributed by atoms with Gasteiger partial charge in [-0.15, -0.1) is 10.2 Å². The molecule has 2 amide bonds. The lowest BCUT2D eigenvalue weighted by molar-refractivity contribution is -0.132. The van der Waals surface area contributed by atoms with Crippen LogP contribution in [0.15, 0.2) is 53.9 Å². The van der Waals surface area contributed by atoms with Gasteiger partial charge in [0.15, 0.2) is 5.16 Å². The predicted octanol–water partition coefficient (Wildman–Crippen LogP) is 4.02. The van der Waals surface area contributed by atoms with Gasteiger partial charge in [0.05, 0.1) is 17.5 Å². The highest BCUT2D eigenvalue weighted by Crippen LogP contribution is 2.26. The van der Waals surface area contributed by atoms with Crippen molar-refractivity contribution in [1.29, 1.82) is 0 Å². The molecular weight excluding hydrogens is 422 g/mol. The quantitative estimate of drug-likeness (QED) is 0.523. The maximum atomic E-state index is 12.9. The zero-order valence-corrected chi connectivity index (χ0v) is 19.9. The SMILES string of the molecule is CCc1ccccc1NC(=O)CN(C)C(=O)C(C)Sc1nncn1-c1ccc(C)cc1C. The molecule has 0 aliphatic heterocycles. The van der Waals surface area contributed by atoms with Gasteiger partial charge in [-0.3, -0.25) is 14.2 Å². The third-order valence-electron chi connectivity index (χ3n) is 5.19. The average Bonchev–Trinajstić information content (AvgIpc) is 3.21. The fourth-order valence-electron chi connectivity index (χ4n) is 3.50. The summed E-state index contributed by atoms with van der Waals surface area (Å²) in [7, 11) is 1.64. The number of thioether (sulfide) groups is 1. The van der Waals surface area contributed by atoms with Gasteiger partial charge >= 0.3 is 0 Å². The Bertz CT molecular complexity index is 1110. The minimum absolute atomic E-state index is 0.0223. The fraction of sp³-hybridized carbons (Fsp3) is 0.333. The number of aryl methyl sites for hydroxylation is 3. The Morgan fingerprint density at radius 2 is 1.94 bits per heavy atom. The zero-order valence-electron chi connectivity index (χ0n) is 19.1. The lowest BCUT2D eigenvalue weighted by Crippen LogP contribution is -2.39. The van der Waals surface area contributed by atoms with E-state index in [1.165, 1.54) is 22.2 Å². The highest BCUT2D eigenvalue weighted by atomic mass is 32.2. The van der Waals surface area contributed by atoms with Crippen molar-refractivity contribution in [3.05, 3.63) is 65.5 Å². The number of hydrogen-bond acceptors (Lipinski definition) is 5. The number of carbonyl (C=O) groups excluding carboxylic acids is 2. The molecule has 1 heterocycles. The number of para-hydroxylation sites is 1. The number of benzene rings is 2. The topological polar surface area (TPSA) is 80.1 Å². The first kappa shape index (κ1) is 23.5. The number of nitrogens with one attached hydrogen (secondary N) is 1. The van der Waals surface area contributed by atoms with Crippen molar-refractivity contribution in [1.82, 2.24) is 19.7 Å². The third kappa shape index (κ3) is 5.56. The van der Waals surface area contributed by atoms with Crippen LogP contribution < -0.4 is 5.32 Å². The molecule has 7 nitrogen and oxygen atoms in total. The molecule has 1 unspecified atom stereocenters. The second-order valence-electron chi connectivity index (χ2n) is 7.79. The van der Waals surface area contributed by atoms with Crippen LogP contribution in [0.5, 0.6) is 0 Å². The molecule has 0 saturated carbocycles. The second kappa shape index (κ2) is 10.5. The molecule has 0 saturated heterocycles. The number of rotatable bonds is 8. The lowest BCUT2D eigenvalue weighted by atomic mass is 10.1. The molecule has 8 heteroatoms. The summed E-state index contributed by atoms with van der Waals surface area (Å²) in [5.74, 6) is -0.374. The van der Waals surface area contributed by atoms with Gasteiger partial charge in [-0.1, -0.05) is 54.6 Å². The van der Waals surface area contributed by atoms with Gasteiger partial charge in [0.25, 0.3) is 0 Å². The Morgan fingerprint density at radius 1 is 1.19 bits per heavy atom. The fourth-order valence-corrected chi connectivity index (χ4v) is 4.45. The van der Waals surface area contributed by atoms with E-state index in [9.17, 15) is 9.59 Å². The molecule has 0 bridgehead atoms. The van der Waals surface area contributed by atoms with Crippen LogP contribution in [0.2, 0.25) is 0 Å². The molecule has 0 spiro atoms. The van der Waals surface area contributed by atoms with Crippen molar-refractivity contribution in [3.8, 4) is 5.69 Å². The summed E-state index contributed by atoms with van der Waals surface area (Å²) >= 11 is 1.32. The first-order chi connectivity index (χ1) is 15.3. The van der Waals surface area contributed by atoms with Gasteiger partial charge in [0, 0.05) is 12.7 Å². The van der Waals surface area contributed by atoms with Crippen molar-refractivity contribution in [2.24, 2.45) is 0 Å². The summed E-state index contributed by atoms with van der Waals surface area (Å²) in [4.78, 5) is 26.9. The van der Waals surface area contributed by atoms with Crippen molar-refractivity contribution in [2.45, 2.75) is 44.5 Å². The lowest BCUT2D eigenvalue weighted by Gasteiger charge is -2.21. The summed E-state index contributed by atoms with van der Waals surface area (Å²) in [5.41, 5.74) is 5.10. The van der Waals surface area contributed by atoms with E-state index >= 15 is 0 Å². The normalized spacial score (nSPS) is 11.8. The van der Waals surface area contributed by atoms with E-state index in [4.69, 9.17) is 0 Å². The molecule has 0 aliphatic rings. The summed E-state index contributed by atoms with van der Waals surface area (Å²) in [6, 6.07) is 13.8. The van der Waals surface area contributed by atoms with Gasteiger partial charge in [-0.25, -0.2) is 0 Å². The van der Waals surface area contributed by atoms with Gasteiger partial charge in [-0.2, -0.15) is 0 Å². The largest absolute Gasteiger partial charge is 0.335 e. The molecule has 0 aliphatic carbocycles. The standard InChI is InChI=1S/C24H29N5O2S/c1-6-19-9-7-8-10-20(19)26-22(30)14-28(5)23(31)18(4)32-24-27-25-15-29(24)21-12-11-16(2)13-17(21)3/h7-13,15,18H,6,14H2,1-5H3,(H,26,30). The molecule has 1 atom stereocenters. The van der Waals surface area contributed by atoms with Gasteiger partial charge in [0.2, 0.25) is 11.8 Å². The minimum Gasteiger partial charge on any atom is -0.335 e. The zero-order chi connectivity index (χ0) is 23.3. The number of carbonyl (C=O) groups is 2. The van der Waals surface area contributed by atoms with Gasteiger partial charge < -0.3 is 10.2 Å². The Labute approximate surface area is 193 Å². The Morgan fingerprint density at radius 3 is 2.66 bits per heavy atom. The summed E-state index contributed by atoms with van der Waals surface area (Å²) < 4.78 is 1.89. The van der Waals surface area contributed by atoms with E-state index in [-0.39, 0.29) is 18.4 Å². The molecule has 32 heavy (non-hydrogen) atoms. The number of aromatic nitrogens is 3. The molecule has 3 aromatic rings. The first-order valence-corrected chi connectivity index (χ1v) is 11.4. The predicted molar refractivity (Wildman–Crippen MR) is 128 cm³/mol. The van der Waals surface area contributed by atoms with Crippen LogP contribution >= 0.6 is 11.8 Å². The molecule has 2 aromatic carbocycles. The average molecular weight is 452 g/mol. The van der Waals surface area contributed by atoms with Crippen LogP contribution in [-0.4, -0.2) is 50.3 Å². The van der Waals surface area contributed by atoms with Crippen LogP contribution in [0.3, 0.4) is 0 Å². The van der Waals surface area contributed by atoms with Gasteiger partial charge in [-0.05, 0) is 50.5 Å². The number of nitrogens with zero attached hydrogens (tertiary/aromatic N) is 4. The van der Waals surface area contributed by atoms with Crippen LogP contribution in [0.4, 0.5) is 5.69 Å². The number of anilines is 1. The molecule has 3 rings (SSSR count). The number of amides is 2. The van der Waals surface area contributed by atoms with E-state index in [1.807, 2.05) is 68.7 Å². The van der Waals surface area contributed by atoms with Gasteiger partial charge in [0.1, 0.15) is 6.33 Å². The summed E-state index contributed by atoms with van der Waals surface area (Å²) in [5, 5.41) is 11.3. The minimum atomic E-state index is -0.426. The monoisotopic (exact) mass is 451 g/mol. The number of likely N-dealkylation sites (N-methyl/N-ethyl adjacent to an activating group) is 1. The molecule has 168 valence electrons. The van der Waals surface area contributed by atoms with Crippen molar-refractivity contribution >= 4 is 29.3 Å². The third-order valence-corrected chi connectivity index (χ3v) is 6.23. The highest BCUT2D eigenvalue weighted by molar-refractivity contribution is 8.00. The molecule has 0 radical (unpaired) electrons. The van der Waals surface area contributed by atoms with E-state index in [1.54, 1.807) is 13.4 Å². The molecule has 0 fully saturated rings. The maximum Gasteiger partial charge on any atom is 0.243 e. The van der Waals surface area contributed by atoms with Crippen molar-refractivity contribution < 1.29 is 9.59 Å². The summed E-state index contributed by atoms with van der Waals surface area (Å²) in [6.45, 7) is 7.91. The molecular formula is C24H29N5O2S. The van der Waals surface area contributed by atoms with E-state index < -0.39 is 5.25 Å². The van der Waals surface area contributed by atoms with E-state index in [0.717, 1.165) is 28.9 Å². The Hall–Kier alpha value is -3.13. The van der Waals surface area contributed by atoms with Crippen LogP contribution in [-0.2, 0) is 16.0 Å². The maximum absolute atomic E-state index is 12.9. The van der Waals surface area contributed by atoms with Crippen molar-refractivity contribution in [3.63, 3.8) is 0 Å². The van der Waals surface area contributed by atoms with E-state index in [0.29, 0.717) is 5.16 Å². The Kier molecular flexibility index (Phi) is 7.69. The number of hydrogen-bond donors (Lipinski definition) is 1.